The quantitative estimate of drug-likeness (QED) is 0.639. The predicted octanol–water partition coefficient (Wildman–Crippen LogP) is 4.31. The van der Waals surface area contributed by atoms with E-state index < -0.39 is 5.79 Å². The van der Waals surface area contributed by atoms with Gasteiger partial charge >= 0.3 is 12.1 Å². The average Bonchev–Trinajstić information content (AvgIpc) is 3.36. The Hall–Kier alpha value is -2.69. The van der Waals surface area contributed by atoms with Gasteiger partial charge in [-0.05, 0) is 71.2 Å². The van der Waals surface area contributed by atoms with E-state index in [1.807, 2.05) is 32.6 Å². The molecular weight excluding hydrogens is 450 g/mol. The molecule has 2 aliphatic heterocycles. The lowest BCUT2D eigenvalue weighted by molar-refractivity contribution is -0.141. The van der Waals surface area contributed by atoms with Crippen molar-refractivity contribution >= 4 is 17.8 Å². The molecule has 4 rings (SSSR count). The zero-order valence-corrected chi connectivity index (χ0v) is 21.8. The Morgan fingerprint density at radius 2 is 2.03 bits per heavy atom. The Morgan fingerprint density at radius 3 is 2.69 bits per heavy atom. The molecule has 10 nitrogen and oxygen atoms in total. The van der Waals surface area contributed by atoms with E-state index in [0.29, 0.717) is 25.1 Å². The van der Waals surface area contributed by atoms with Gasteiger partial charge in [-0.2, -0.15) is 0 Å². The highest BCUT2D eigenvalue weighted by Crippen LogP contribution is 2.33. The third-order valence-electron chi connectivity index (χ3n) is 6.30. The highest BCUT2D eigenvalue weighted by molar-refractivity contribution is 5.68. The number of benzene rings is 1. The van der Waals surface area contributed by atoms with E-state index in [9.17, 15) is 4.79 Å². The van der Waals surface area contributed by atoms with Gasteiger partial charge < -0.3 is 28.8 Å². The molecule has 1 aromatic carbocycles. The minimum atomic E-state index is -0.660. The summed E-state index contributed by atoms with van der Waals surface area (Å²) in [5.41, 5.74) is 4.39. The Balaban J connectivity index is 1.41. The molecule has 1 aromatic heterocycles. The zero-order chi connectivity index (χ0) is 25.3. The number of hydrogen-bond donors (Lipinski definition) is 1. The van der Waals surface area contributed by atoms with Crippen molar-refractivity contribution in [1.29, 1.82) is 0 Å². The molecule has 2 aromatic rings. The first-order valence-electron chi connectivity index (χ1n) is 12.2. The van der Waals surface area contributed by atoms with Crippen molar-refractivity contribution in [1.82, 2.24) is 20.0 Å². The SMILES string of the molecule is Cc1cc(CN2CCN(C(=O)OC(C)C)[C@@H](C)C2)c(C)c(Nc2nnc([C@@H]3COC(C)(C)O3)o2)c1. The van der Waals surface area contributed by atoms with E-state index >= 15 is 0 Å². The van der Waals surface area contributed by atoms with Crippen LogP contribution in [0, 0.1) is 13.8 Å². The van der Waals surface area contributed by atoms with E-state index in [2.05, 4.69) is 53.3 Å². The van der Waals surface area contributed by atoms with E-state index in [4.69, 9.17) is 18.6 Å². The number of anilines is 2. The van der Waals surface area contributed by atoms with Gasteiger partial charge in [-0.15, -0.1) is 5.10 Å². The molecule has 2 aliphatic rings. The number of carbonyl (C=O) groups excluding carboxylic acids is 1. The molecule has 3 heterocycles. The number of piperazine rings is 1. The second-order valence-electron chi connectivity index (χ2n) is 10.2. The van der Waals surface area contributed by atoms with Crippen LogP contribution in [0.4, 0.5) is 16.5 Å². The normalized spacial score (nSPS) is 22.6. The van der Waals surface area contributed by atoms with Crippen molar-refractivity contribution in [3.63, 3.8) is 0 Å². The highest BCUT2D eigenvalue weighted by atomic mass is 16.7. The van der Waals surface area contributed by atoms with Crippen molar-refractivity contribution in [3.05, 3.63) is 34.7 Å². The topological polar surface area (TPSA) is 102 Å². The molecule has 2 saturated heterocycles. The minimum Gasteiger partial charge on any atom is -0.447 e. The molecule has 0 bridgehead atoms. The number of aromatic nitrogens is 2. The number of rotatable bonds is 6. The van der Waals surface area contributed by atoms with Crippen LogP contribution < -0.4 is 5.32 Å². The first kappa shape index (κ1) is 25.4. The lowest BCUT2D eigenvalue weighted by Gasteiger charge is -2.39. The van der Waals surface area contributed by atoms with Gasteiger partial charge in [0.2, 0.25) is 5.89 Å². The van der Waals surface area contributed by atoms with Crippen LogP contribution in [-0.4, -0.2) is 70.3 Å². The maximum Gasteiger partial charge on any atom is 0.410 e. The van der Waals surface area contributed by atoms with Gasteiger partial charge in [0.15, 0.2) is 11.9 Å². The Morgan fingerprint density at radius 1 is 1.26 bits per heavy atom. The molecule has 0 aliphatic carbocycles. The molecule has 0 saturated carbocycles. The first-order chi connectivity index (χ1) is 16.5. The molecule has 1 amide bonds. The third-order valence-corrected chi connectivity index (χ3v) is 6.30. The number of carbonyl (C=O) groups is 1. The van der Waals surface area contributed by atoms with Crippen LogP contribution in [0.5, 0.6) is 0 Å². The van der Waals surface area contributed by atoms with Crippen LogP contribution >= 0.6 is 0 Å². The van der Waals surface area contributed by atoms with Gasteiger partial charge in [0.05, 0.1) is 12.7 Å². The van der Waals surface area contributed by atoms with Crippen LogP contribution in [0.2, 0.25) is 0 Å². The number of nitrogens with one attached hydrogen (secondary N) is 1. The van der Waals surface area contributed by atoms with Gasteiger partial charge in [0, 0.05) is 37.9 Å². The second kappa shape index (κ2) is 10.1. The van der Waals surface area contributed by atoms with Crippen LogP contribution in [0.25, 0.3) is 0 Å². The van der Waals surface area contributed by atoms with Gasteiger partial charge in [0.25, 0.3) is 0 Å². The van der Waals surface area contributed by atoms with Crippen molar-refractivity contribution in [3.8, 4) is 0 Å². The molecular formula is C25H37N5O5. The number of aryl methyl sites for hydroxylation is 1. The fourth-order valence-corrected chi connectivity index (χ4v) is 4.52. The maximum absolute atomic E-state index is 12.4. The number of hydrogen-bond acceptors (Lipinski definition) is 9. The summed E-state index contributed by atoms with van der Waals surface area (Å²) in [7, 11) is 0. The summed E-state index contributed by atoms with van der Waals surface area (Å²) in [5.74, 6) is -0.265. The second-order valence-corrected chi connectivity index (χ2v) is 10.2. The first-order valence-corrected chi connectivity index (χ1v) is 12.2. The molecule has 0 unspecified atom stereocenters. The van der Waals surface area contributed by atoms with Crippen LogP contribution in [0.3, 0.4) is 0 Å². The molecule has 192 valence electrons. The number of amides is 1. The monoisotopic (exact) mass is 487 g/mol. The average molecular weight is 488 g/mol. The Labute approximate surface area is 206 Å². The number of nitrogens with zero attached hydrogens (tertiary/aromatic N) is 4. The summed E-state index contributed by atoms with van der Waals surface area (Å²) < 4.78 is 22.6. The summed E-state index contributed by atoms with van der Waals surface area (Å²) in [6.45, 7) is 17.1. The van der Waals surface area contributed by atoms with Crippen molar-refractivity contribution < 1.29 is 23.4 Å². The smallest absolute Gasteiger partial charge is 0.410 e. The highest BCUT2D eigenvalue weighted by Gasteiger charge is 2.37. The van der Waals surface area contributed by atoms with Crippen LogP contribution in [0.15, 0.2) is 16.5 Å². The standard InChI is InChI=1S/C25H37N5O5/c1-15(2)33-24(31)30-9-8-29(12-17(30)4)13-19-10-16(3)11-20(18(19)5)26-23-28-27-22(34-23)21-14-32-25(6,7)35-21/h10-11,15,17,21H,8-9,12-14H2,1-7H3,(H,26,28)/t17-,21-/m0/s1. The zero-order valence-electron chi connectivity index (χ0n) is 21.8. The summed E-state index contributed by atoms with van der Waals surface area (Å²) in [5, 5.41) is 11.6. The van der Waals surface area contributed by atoms with Crippen LogP contribution in [-0.2, 0) is 20.8 Å². The maximum atomic E-state index is 12.4. The van der Waals surface area contributed by atoms with Crippen molar-refractivity contribution in [2.45, 2.75) is 79.0 Å². The Bertz CT molecular complexity index is 1050. The molecule has 10 heteroatoms. The van der Waals surface area contributed by atoms with Gasteiger partial charge in [-0.1, -0.05) is 11.2 Å². The summed E-state index contributed by atoms with van der Waals surface area (Å²) in [6.07, 6.45) is -0.725. The minimum absolute atomic E-state index is 0.0845. The molecule has 1 N–H and O–H groups in total. The fourth-order valence-electron chi connectivity index (χ4n) is 4.52. The molecule has 2 fully saturated rings. The lowest BCUT2D eigenvalue weighted by Crippen LogP contribution is -2.54. The summed E-state index contributed by atoms with van der Waals surface area (Å²) in [4.78, 5) is 16.6. The molecule has 0 radical (unpaired) electrons. The van der Waals surface area contributed by atoms with Gasteiger partial charge in [-0.25, -0.2) is 4.79 Å². The lowest BCUT2D eigenvalue weighted by atomic mass is 10.0. The Kier molecular flexibility index (Phi) is 7.35. The predicted molar refractivity (Wildman–Crippen MR) is 130 cm³/mol. The molecule has 35 heavy (non-hydrogen) atoms. The van der Waals surface area contributed by atoms with Crippen molar-refractivity contribution in [2.75, 3.05) is 31.6 Å². The molecule has 0 spiro atoms. The largest absolute Gasteiger partial charge is 0.447 e. The van der Waals surface area contributed by atoms with E-state index in [1.165, 1.54) is 5.56 Å². The van der Waals surface area contributed by atoms with Crippen LogP contribution in [0.1, 0.15) is 63.3 Å². The molecule has 2 atom stereocenters. The fraction of sp³-hybridized carbons (Fsp3) is 0.640. The van der Waals surface area contributed by atoms with E-state index in [1.54, 1.807) is 0 Å². The van der Waals surface area contributed by atoms with E-state index in [-0.39, 0.29) is 24.3 Å². The third kappa shape index (κ3) is 6.12. The van der Waals surface area contributed by atoms with Gasteiger partial charge in [0.1, 0.15) is 0 Å². The van der Waals surface area contributed by atoms with Gasteiger partial charge in [-0.3, -0.25) is 4.90 Å². The van der Waals surface area contributed by atoms with Crippen molar-refractivity contribution in [2.24, 2.45) is 0 Å². The van der Waals surface area contributed by atoms with E-state index in [0.717, 1.165) is 36.4 Å². The summed E-state index contributed by atoms with van der Waals surface area (Å²) >= 11 is 0. The number of ether oxygens (including phenoxy) is 3. The summed E-state index contributed by atoms with van der Waals surface area (Å²) in [6, 6.07) is 4.68.